The van der Waals surface area contributed by atoms with E-state index in [9.17, 15) is 14.4 Å². The Balaban J connectivity index is 1.86. The highest BCUT2D eigenvalue weighted by molar-refractivity contribution is 6.32. The number of benzene rings is 1. The van der Waals surface area contributed by atoms with E-state index in [2.05, 4.69) is 10.4 Å². The summed E-state index contributed by atoms with van der Waals surface area (Å²) in [5, 5.41) is 7.98. The third kappa shape index (κ3) is 4.18. The van der Waals surface area contributed by atoms with Crippen LogP contribution in [0.5, 0.6) is 0 Å². The molecule has 162 valence electrons. The lowest BCUT2D eigenvalue weighted by molar-refractivity contribution is 0.0751. The van der Waals surface area contributed by atoms with Gasteiger partial charge in [-0.3, -0.25) is 0 Å². The fraction of sp³-hybridized carbons (Fsp3) is 0.526. The fourth-order valence-corrected chi connectivity index (χ4v) is 3.96. The molecule has 2 heterocycles. The Hall–Kier alpha value is -2.88. The van der Waals surface area contributed by atoms with Gasteiger partial charge < -0.3 is 14.5 Å². The maximum absolute atomic E-state index is 13.1. The van der Waals surface area contributed by atoms with E-state index < -0.39 is 17.8 Å². The minimum Gasteiger partial charge on any atom is -0.450 e. The molecular weight excluding hydrogens is 412 g/mol. The first-order valence-corrected chi connectivity index (χ1v) is 10.3. The Labute approximate surface area is 178 Å². The van der Waals surface area contributed by atoms with E-state index in [1.807, 2.05) is 6.92 Å². The number of nitrogens with zero attached hydrogens (tertiary/aromatic N) is 6. The monoisotopic (exact) mass is 436 g/mol. The normalized spacial score (nSPS) is 16.4. The molecule has 1 atom stereocenters. The average Bonchev–Trinajstić information content (AvgIpc) is 3.10. The molecule has 0 radical (unpaired) electrons. The van der Waals surface area contributed by atoms with Crippen molar-refractivity contribution >= 4 is 23.7 Å². The van der Waals surface area contributed by atoms with Crippen molar-refractivity contribution in [1.82, 2.24) is 29.6 Å². The summed E-state index contributed by atoms with van der Waals surface area (Å²) in [4.78, 5) is 41.2. The van der Waals surface area contributed by atoms with Gasteiger partial charge in [-0.15, -0.1) is 4.68 Å². The molecule has 1 aromatic carbocycles. The van der Waals surface area contributed by atoms with Crippen LogP contribution in [0.1, 0.15) is 32.3 Å². The van der Waals surface area contributed by atoms with Gasteiger partial charge in [0.2, 0.25) is 0 Å². The van der Waals surface area contributed by atoms with Crippen LogP contribution < -0.4 is 5.69 Å². The van der Waals surface area contributed by atoms with Gasteiger partial charge in [-0.2, -0.15) is 4.68 Å². The SMILES string of the molecule is CCOC(=O)N1CCCC(N(CC)C(=O)n2nnn(-c3c(C)cccc3Cl)c2=O)C1. The predicted molar refractivity (Wildman–Crippen MR) is 110 cm³/mol. The predicted octanol–water partition coefficient (Wildman–Crippen LogP) is 2.30. The number of hydrogen-bond donors (Lipinski definition) is 0. The molecule has 2 amide bonds. The maximum Gasteiger partial charge on any atom is 0.409 e. The van der Waals surface area contributed by atoms with Crippen LogP contribution in [-0.4, -0.2) is 74.0 Å². The molecule has 3 rings (SSSR count). The summed E-state index contributed by atoms with van der Waals surface area (Å²) in [6.45, 7) is 6.90. The first-order chi connectivity index (χ1) is 14.4. The molecule has 1 unspecified atom stereocenters. The summed E-state index contributed by atoms with van der Waals surface area (Å²) in [6, 6.07) is 4.35. The van der Waals surface area contributed by atoms with Crippen molar-refractivity contribution in [1.29, 1.82) is 0 Å². The number of aryl methyl sites for hydroxylation is 1. The Morgan fingerprint density at radius 2 is 2.07 bits per heavy atom. The largest absolute Gasteiger partial charge is 0.450 e. The van der Waals surface area contributed by atoms with Gasteiger partial charge in [-0.1, -0.05) is 23.7 Å². The number of piperidine rings is 1. The van der Waals surface area contributed by atoms with Crippen LogP contribution in [0.4, 0.5) is 9.59 Å². The number of tetrazole rings is 1. The van der Waals surface area contributed by atoms with Gasteiger partial charge in [-0.25, -0.2) is 14.4 Å². The molecular formula is C19H25ClN6O4. The molecule has 2 aromatic rings. The molecule has 0 bridgehead atoms. The molecule has 10 nitrogen and oxygen atoms in total. The number of carbonyl (C=O) groups is 2. The highest BCUT2D eigenvalue weighted by Crippen LogP contribution is 2.22. The number of amides is 2. The molecule has 1 aliphatic heterocycles. The van der Waals surface area contributed by atoms with Crippen LogP contribution in [0, 0.1) is 6.92 Å². The summed E-state index contributed by atoms with van der Waals surface area (Å²) >= 11 is 6.23. The second-order valence-electron chi connectivity index (χ2n) is 7.00. The van der Waals surface area contributed by atoms with E-state index in [1.54, 1.807) is 36.9 Å². The number of halogens is 1. The van der Waals surface area contributed by atoms with Crippen LogP contribution in [-0.2, 0) is 4.74 Å². The molecule has 1 saturated heterocycles. The van der Waals surface area contributed by atoms with Crippen molar-refractivity contribution in [2.75, 3.05) is 26.2 Å². The molecule has 30 heavy (non-hydrogen) atoms. The average molecular weight is 437 g/mol. The molecule has 11 heteroatoms. The summed E-state index contributed by atoms with van der Waals surface area (Å²) in [5.41, 5.74) is 0.416. The van der Waals surface area contributed by atoms with Crippen molar-refractivity contribution in [2.45, 2.75) is 39.7 Å². The van der Waals surface area contributed by atoms with Gasteiger partial charge in [0.15, 0.2) is 0 Å². The first kappa shape index (κ1) is 21.8. The fourth-order valence-electron chi connectivity index (χ4n) is 3.66. The number of likely N-dealkylation sites (tertiary alicyclic amines) is 1. The quantitative estimate of drug-likeness (QED) is 0.681. The van der Waals surface area contributed by atoms with E-state index in [-0.39, 0.29) is 12.6 Å². The van der Waals surface area contributed by atoms with E-state index in [1.165, 1.54) is 4.90 Å². The van der Waals surface area contributed by atoms with Gasteiger partial charge in [-0.05, 0) is 55.7 Å². The van der Waals surface area contributed by atoms with Crippen LogP contribution in [0.2, 0.25) is 5.02 Å². The van der Waals surface area contributed by atoms with Crippen LogP contribution in [0.3, 0.4) is 0 Å². The minimum absolute atomic E-state index is 0.250. The molecule has 0 spiro atoms. The number of rotatable bonds is 4. The van der Waals surface area contributed by atoms with Crippen LogP contribution in [0.15, 0.2) is 23.0 Å². The Bertz CT molecular complexity index is 967. The lowest BCUT2D eigenvalue weighted by Gasteiger charge is -2.37. The second-order valence-corrected chi connectivity index (χ2v) is 7.41. The zero-order valence-corrected chi connectivity index (χ0v) is 18.0. The van der Waals surface area contributed by atoms with E-state index >= 15 is 0 Å². The third-order valence-corrected chi connectivity index (χ3v) is 5.42. The van der Waals surface area contributed by atoms with Gasteiger partial charge in [0, 0.05) is 19.6 Å². The standard InChI is InChI=1S/C19H25ClN6O4/c1-4-24(14-9-7-11-23(12-14)19(29)30-5-2)17(27)26-18(28)25(21-22-26)16-13(3)8-6-10-15(16)20/h6,8,10,14H,4-5,7,9,11-12H2,1-3H3. The smallest absolute Gasteiger partial charge is 0.409 e. The molecule has 1 aromatic heterocycles. The zero-order valence-electron chi connectivity index (χ0n) is 17.2. The van der Waals surface area contributed by atoms with Crippen LogP contribution in [0.25, 0.3) is 5.69 Å². The molecule has 0 N–H and O–H groups in total. The third-order valence-electron chi connectivity index (χ3n) is 5.11. The van der Waals surface area contributed by atoms with Gasteiger partial charge >= 0.3 is 17.8 Å². The topological polar surface area (TPSA) is 103 Å². The van der Waals surface area contributed by atoms with Gasteiger partial charge in [0.1, 0.15) is 0 Å². The number of ether oxygens (including phenoxy) is 1. The number of likely N-dealkylation sites (N-methyl/N-ethyl adjacent to an activating group) is 1. The molecule has 1 fully saturated rings. The van der Waals surface area contributed by atoms with Crippen molar-refractivity contribution < 1.29 is 14.3 Å². The first-order valence-electron chi connectivity index (χ1n) is 9.92. The number of carbonyl (C=O) groups excluding carboxylic acids is 2. The van der Waals surface area contributed by atoms with E-state index in [4.69, 9.17) is 16.3 Å². The minimum atomic E-state index is -0.701. The van der Waals surface area contributed by atoms with Crippen molar-refractivity contribution in [3.05, 3.63) is 39.3 Å². The Morgan fingerprint density at radius 1 is 1.30 bits per heavy atom. The Morgan fingerprint density at radius 3 is 2.73 bits per heavy atom. The molecule has 1 aliphatic rings. The zero-order chi connectivity index (χ0) is 21.8. The maximum atomic E-state index is 13.1. The molecule has 0 saturated carbocycles. The number of para-hydroxylation sites is 1. The van der Waals surface area contributed by atoms with Gasteiger partial charge in [0.05, 0.1) is 23.4 Å². The highest BCUT2D eigenvalue weighted by Gasteiger charge is 2.32. The summed E-state index contributed by atoms with van der Waals surface area (Å²) in [6.07, 6.45) is 1.04. The van der Waals surface area contributed by atoms with Crippen LogP contribution >= 0.6 is 11.6 Å². The van der Waals surface area contributed by atoms with Crippen molar-refractivity contribution in [3.63, 3.8) is 0 Å². The summed E-state index contributed by atoms with van der Waals surface area (Å²) in [7, 11) is 0. The van der Waals surface area contributed by atoms with Crippen molar-refractivity contribution in [3.8, 4) is 5.69 Å². The van der Waals surface area contributed by atoms with E-state index in [0.717, 1.165) is 21.3 Å². The Kier molecular flexibility index (Phi) is 6.76. The summed E-state index contributed by atoms with van der Waals surface area (Å²) < 4.78 is 6.83. The van der Waals surface area contributed by atoms with Crippen molar-refractivity contribution in [2.24, 2.45) is 0 Å². The lowest BCUT2D eigenvalue weighted by Crippen LogP contribution is -2.54. The molecule has 0 aliphatic carbocycles. The lowest BCUT2D eigenvalue weighted by atomic mass is 10.0. The highest BCUT2D eigenvalue weighted by atomic mass is 35.5. The number of hydrogen-bond acceptors (Lipinski definition) is 6. The summed E-state index contributed by atoms with van der Waals surface area (Å²) in [5.74, 6) is 0. The van der Waals surface area contributed by atoms with E-state index in [0.29, 0.717) is 36.8 Å². The second kappa shape index (κ2) is 9.29. The van der Waals surface area contributed by atoms with Gasteiger partial charge in [0.25, 0.3) is 0 Å². The number of aromatic nitrogens is 4.